The third-order valence-electron chi connectivity index (χ3n) is 6.68. The van der Waals surface area contributed by atoms with E-state index in [0.717, 1.165) is 66.9 Å². The molecule has 2 aliphatic carbocycles. The maximum atomic E-state index is 13.0. The summed E-state index contributed by atoms with van der Waals surface area (Å²) in [6.45, 7) is 3.90. The summed E-state index contributed by atoms with van der Waals surface area (Å²) in [5.41, 5.74) is 4.86. The largest absolute Gasteiger partial charge is 0.476 e. The molecule has 5 rings (SSSR count). The lowest BCUT2D eigenvalue weighted by molar-refractivity contribution is 0.136. The van der Waals surface area contributed by atoms with Gasteiger partial charge in [0, 0.05) is 23.9 Å². The normalized spacial score (nSPS) is 21.3. The zero-order valence-electron chi connectivity index (χ0n) is 19.2. The fourth-order valence-electron chi connectivity index (χ4n) is 5.21. The van der Waals surface area contributed by atoms with Crippen molar-refractivity contribution in [2.75, 3.05) is 32.6 Å². The van der Waals surface area contributed by atoms with Gasteiger partial charge >= 0.3 is 6.03 Å². The van der Waals surface area contributed by atoms with Gasteiger partial charge in [0.15, 0.2) is 4.90 Å². The van der Waals surface area contributed by atoms with E-state index in [-0.39, 0.29) is 16.7 Å². The molecule has 0 saturated heterocycles. The Morgan fingerprint density at radius 2 is 2.09 bits per heavy atom. The van der Waals surface area contributed by atoms with Gasteiger partial charge in [-0.2, -0.15) is 5.10 Å². The highest BCUT2D eigenvalue weighted by molar-refractivity contribution is 7.90. The molecular formula is C22H30N6O4S. The molecular weight excluding hydrogens is 444 g/mol. The molecule has 2 N–H and O–H groups in total. The molecule has 0 fully saturated rings. The van der Waals surface area contributed by atoms with Crippen LogP contribution in [-0.2, 0) is 35.8 Å². The van der Waals surface area contributed by atoms with Crippen molar-refractivity contribution in [3.63, 3.8) is 0 Å². The van der Waals surface area contributed by atoms with Crippen LogP contribution in [0.4, 0.5) is 10.5 Å². The molecule has 0 radical (unpaired) electrons. The second-order valence-corrected chi connectivity index (χ2v) is 11.2. The summed E-state index contributed by atoms with van der Waals surface area (Å²) in [5.74, 6) is 0.716. The summed E-state index contributed by atoms with van der Waals surface area (Å²) < 4.78 is 35.5. The highest BCUT2D eigenvalue weighted by atomic mass is 32.2. The van der Waals surface area contributed by atoms with Crippen LogP contribution in [0.25, 0.3) is 0 Å². The number of fused-ring (bicyclic) bond motifs is 3. The number of rotatable bonds is 5. The average molecular weight is 475 g/mol. The first-order valence-electron chi connectivity index (χ1n) is 11.4. The molecule has 0 saturated carbocycles. The molecule has 0 bridgehead atoms. The van der Waals surface area contributed by atoms with E-state index in [2.05, 4.69) is 27.0 Å². The number of aromatic nitrogens is 3. The molecule has 3 heterocycles. The molecule has 1 aliphatic heterocycles. The Bertz CT molecular complexity index is 1210. The van der Waals surface area contributed by atoms with Gasteiger partial charge in [0.05, 0.1) is 25.0 Å². The van der Waals surface area contributed by atoms with E-state index in [9.17, 15) is 13.2 Å². The van der Waals surface area contributed by atoms with Crippen molar-refractivity contribution in [3.8, 4) is 5.88 Å². The fourth-order valence-corrected chi connectivity index (χ4v) is 6.19. The molecule has 2 aromatic heterocycles. The summed E-state index contributed by atoms with van der Waals surface area (Å²) in [5, 5.41) is 7.04. The van der Waals surface area contributed by atoms with Gasteiger partial charge in [-0.05, 0) is 63.2 Å². The predicted molar refractivity (Wildman–Crippen MR) is 122 cm³/mol. The Labute approximate surface area is 193 Å². The number of nitrogens with zero attached hydrogens (tertiary/aromatic N) is 4. The topological polar surface area (TPSA) is 118 Å². The zero-order valence-corrected chi connectivity index (χ0v) is 20.0. The third kappa shape index (κ3) is 4.08. The van der Waals surface area contributed by atoms with Gasteiger partial charge in [0.2, 0.25) is 5.88 Å². The van der Waals surface area contributed by atoms with Gasteiger partial charge in [-0.3, -0.25) is 4.98 Å². The maximum absolute atomic E-state index is 13.0. The smallest absolute Gasteiger partial charge is 0.333 e. The Morgan fingerprint density at radius 1 is 1.27 bits per heavy atom. The van der Waals surface area contributed by atoms with Crippen molar-refractivity contribution in [2.24, 2.45) is 5.92 Å². The van der Waals surface area contributed by atoms with E-state index in [1.165, 1.54) is 6.20 Å². The number of pyridine rings is 1. The molecule has 3 aliphatic rings. The van der Waals surface area contributed by atoms with Gasteiger partial charge in [0.25, 0.3) is 10.0 Å². The monoisotopic (exact) mass is 474 g/mol. The minimum absolute atomic E-state index is 0.125. The van der Waals surface area contributed by atoms with E-state index in [4.69, 9.17) is 9.72 Å². The number of sulfonamides is 1. The van der Waals surface area contributed by atoms with Crippen molar-refractivity contribution in [1.29, 1.82) is 0 Å². The van der Waals surface area contributed by atoms with Crippen LogP contribution in [-0.4, -0.2) is 61.4 Å². The number of hydrogen-bond acceptors (Lipinski definition) is 7. The molecule has 11 heteroatoms. The summed E-state index contributed by atoms with van der Waals surface area (Å²) in [6.07, 6.45) is 5.77. The zero-order chi connectivity index (χ0) is 23.3. The van der Waals surface area contributed by atoms with Crippen LogP contribution in [0.1, 0.15) is 48.2 Å². The number of ether oxygens (including phenoxy) is 1. The highest BCUT2D eigenvalue weighted by Gasteiger charge is 2.33. The van der Waals surface area contributed by atoms with Gasteiger partial charge in [-0.1, -0.05) is 6.92 Å². The molecule has 2 amide bonds. The molecule has 2 atom stereocenters. The molecule has 2 aromatic rings. The molecule has 2 unspecified atom stereocenters. The molecule has 178 valence electrons. The van der Waals surface area contributed by atoms with E-state index >= 15 is 0 Å². The standard InChI is InChI=1S/C22H30N6O4S/c1-13-7-8-16-19(13)24-17-6-4-5-15(17)20(16)25-22(29)26-33(30,31)18-9-23-28-11-14(10-27(2)3)12-32-21(18)28/h9,13-14H,4-8,10-12H2,1-3H3,(H2,24,25,26,29). The van der Waals surface area contributed by atoms with Crippen molar-refractivity contribution in [2.45, 2.75) is 56.4 Å². The summed E-state index contributed by atoms with van der Waals surface area (Å²) in [4.78, 5) is 19.6. The van der Waals surface area contributed by atoms with Gasteiger partial charge < -0.3 is 15.0 Å². The lowest BCUT2D eigenvalue weighted by Gasteiger charge is -2.26. The van der Waals surface area contributed by atoms with Gasteiger partial charge in [0.1, 0.15) is 0 Å². The second kappa shape index (κ2) is 8.28. The number of nitrogens with one attached hydrogen (secondary N) is 2. The summed E-state index contributed by atoms with van der Waals surface area (Å²) >= 11 is 0. The van der Waals surface area contributed by atoms with Crippen molar-refractivity contribution in [1.82, 2.24) is 24.4 Å². The number of carbonyl (C=O) groups is 1. The average Bonchev–Trinajstić information content (AvgIpc) is 3.46. The number of hydrogen-bond donors (Lipinski definition) is 2. The van der Waals surface area contributed by atoms with E-state index < -0.39 is 16.1 Å². The molecule has 0 aromatic carbocycles. The van der Waals surface area contributed by atoms with E-state index in [0.29, 0.717) is 19.1 Å². The maximum Gasteiger partial charge on any atom is 0.333 e. The second-order valence-electron chi connectivity index (χ2n) is 9.56. The number of urea groups is 1. The van der Waals surface area contributed by atoms with E-state index in [1.54, 1.807) is 4.68 Å². The van der Waals surface area contributed by atoms with Crippen LogP contribution in [0.2, 0.25) is 0 Å². The van der Waals surface area contributed by atoms with Gasteiger partial charge in [-0.15, -0.1) is 0 Å². The lowest BCUT2D eigenvalue weighted by atomic mass is 10.0. The number of aryl methyl sites for hydroxylation is 1. The first-order chi connectivity index (χ1) is 15.7. The first-order valence-corrected chi connectivity index (χ1v) is 12.9. The summed E-state index contributed by atoms with van der Waals surface area (Å²) in [6, 6.07) is -0.779. The van der Waals surface area contributed by atoms with Crippen molar-refractivity contribution < 1.29 is 17.9 Å². The highest BCUT2D eigenvalue weighted by Crippen LogP contribution is 2.41. The number of anilines is 1. The Morgan fingerprint density at radius 3 is 2.88 bits per heavy atom. The van der Waals surface area contributed by atoms with Crippen molar-refractivity contribution >= 4 is 21.7 Å². The van der Waals surface area contributed by atoms with Gasteiger partial charge in [-0.25, -0.2) is 22.6 Å². The van der Waals surface area contributed by atoms with Crippen LogP contribution in [0, 0.1) is 5.92 Å². The fraction of sp³-hybridized carbons (Fsp3) is 0.591. The molecule has 10 nitrogen and oxygen atoms in total. The van der Waals surface area contributed by atoms with E-state index in [1.807, 2.05) is 14.1 Å². The Balaban J connectivity index is 1.35. The molecule has 0 spiro atoms. The Kier molecular flexibility index (Phi) is 5.56. The number of amides is 2. The number of carbonyl (C=O) groups excluding carboxylic acids is 1. The van der Waals surface area contributed by atoms with Crippen LogP contribution in [0.3, 0.4) is 0 Å². The van der Waals surface area contributed by atoms with Crippen LogP contribution in [0.5, 0.6) is 5.88 Å². The minimum atomic E-state index is -4.15. The lowest BCUT2D eigenvalue weighted by Crippen LogP contribution is -2.36. The van der Waals surface area contributed by atoms with Crippen LogP contribution < -0.4 is 14.8 Å². The molecule has 33 heavy (non-hydrogen) atoms. The van der Waals surface area contributed by atoms with Crippen LogP contribution in [0.15, 0.2) is 11.1 Å². The third-order valence-corrected chi connectivity index (χ3v) is 7.99. The SMILES string of the molecule is CC1CCc2c1nc1c(c2NC(=O)NS(=O)(=O)c2cnn3c2OCC(CN(C)C)C3)CCC1. The Hall–Kier alpha value is -2.66. The first kappa shape index (κ1) is 22.1. The van der Waals surface area contributed by atoms with Crippen LogP contribution >= 0.6 is 0 Å². The predicted octanol–water partition coefficient (Wildman–Crippen LogP) is 1.90. The van der Waals surface area contributed by atoms with Crippen molar-refractivity contribution in [3.05, 3.63) is 28.7 Å². The quantitative estimate of drug-likeness (QED) is 0.679. The summed E-state index contributed by atoms with van der Waals surface area (Å²) in [7, 11) is -0.199. The minimum Gasteiger partial charge on any atom is -0.476 e.